The summed E-state index contributed by atoms with van der Waals surface area (Å²) in [6.45, 7) is 15.2. The third kappa shape index (κ3) is 4.58. The molecular weight excluding hydrogens is 294 g/mol. The lowest BCUT2D eigenvalue weighted by Gasteiger charge is -2.28. The van der Waals surface area contributed by atoms with Crippen LogP contribution >= 0.6 is 22.7 Å². The van der Waals surface area contributed by atoms with Gasteiger partial charge in [0.05, 0.1) is 5.41 Å². The van der Waals surface area contributed by atoms with E-state index in [4.69, 9.17) is 0 Å². The lowest BCUT2D eigenvalue weighted by molar-refractivity contribution is 0.708. The Bertz CT molecular complexity index is 489. The molecule has 2 aromatic rings. The Morgan fingerprint density at radius 3 is 2.00 bits per heavy atom. The zero-order valence-corrected chi connectivity index (χ0v) is 14.8. The van der Waals surface area contributed by atoms with E-state index in [-0.39, 0.29) is 5.41 Å². The number of nitrogens with one attached hydrogen (secondary N) is 1. The van der Waals surface area contributed by atoms with Gasteiger partial charge in [-0.05, 0) is 49.4 Å². The second-order valence-electron chi connectivity index (χ2n) is 5.02. The van der Waals surface area contributed by atoms with Crippen molar-refractivity contribution in [3.8, 4) is 0 Å². The maximum atomic E-state index is 4.15. The number of allylic oxidation sites excluding steroid dienone is 1. The molecule has 21 heavy (non-hydrogen) atoms. The summed E-state index contributed by atoms with van der Waals surface area (Å²) in [6, 6.07) is 8.60. The molecule has 3 heteroatoms. The third-order valence-corrected chi connectivity index (χ3v) is 5.60. The molecule has 0 aromatic carbocycles. The van der Waals surface area contributed by atoms with Crippen molar-refractivity contribution in [3.05, 3.63) is 69.7 Å². The predicted octanol–water partition coefficient (Wildman–Crippen LogP) is 5.82. The fraction of sp³-hybridized carbons (Fsp3) is 0.333. The van der Waals surface area contributed by atoms with Crippen molar-refractivity contribution >= 4 is 22.7 Å². The molecule has 0 aliphatic carbocycles. The maximum absolute atomic E-state index is 4.15. The van der Waals surface area contributed by atoms with Crippen LogP contribution in [0.3, 0.4) is 0 Å². The highest BCUT2D eigenvalue weighted by Crippen LogP contribution is 2.42. The molecule has 2 rings (SSSR count). The van der Waals surface area contributed by atoms with Crippen LogP contribution in [0.4, 0.5) is 0 Å². The Labute approximate surface area is 137 Å². The van der Waals surface area contributed by atoms with Crippen molar-refractivity contribution in [2.75, 3.05) is 6.54 Å². The quantitative estimate of drug-likeness (QED) is 0.522. The van der Waals surface area contributed by atoms with Gasteiger partial charge in [0.15, 0.2) is 0 Å². The van der Waals surface area contributed by atoms with E-state index in [1.165, 1.54) is 21.7 Å². The van der Waals surface area contributed by atoms with Crippen LogP contribution in [0.15, 0.2) is 60.0 Å². The lowest BCUT2D eigenvalue weighted by atomic mass is 9.81. The molecule has 0 saturated heterocycles. The summed E-state index contributed by atoms with van der Waals surface area (Å²) in [5, 5.41) is 7.22. The zero-order valence-electron chi connectivity index (χ0n) is 13.2. The predicted molar refractivity (Wildman–Crippen MR) is 98.4 cm³/mol. The molecule has 2 aromatic heterocycles. The lowest BCUT2D eigenvalue weighted by Crippen LogP contribution is -2.21. The van der Waals surface area contributed by atoms with Crippen LogP contribution in [0.5, 0.6) is 0 Å². The second-order valence-corrected chi connectivity index (χ2v) is 6.91. The van der Waals surface area contributed by atoms with Crippen LogP contribution in [0.2, 0.25) is 0 Å². The number of thiophene rings is 2. The van der Waals surface area contributed by atoms with Gasteiger partial charge in [0.25, 0.3) is 0 Å². The summed E-state index contributed by atoms with van der Waals surface area (Å²) in [5.41, 5.74) is 1.19. The fourth-order valence-corrected chi connectivity index (χ4v) is 3.94. The molecule has 0 atom stereocenters. The average molecular weight is 320 g/mol. The Kier molecular flexibility index (Phi) is 7.48. The maximum Gasteiger partial charge on any atom is 0.0565 e. The minimum Gasteiger partial charge on any atom is -0.391 e. The van der Waals surface area contributed by atoms with E-state index in [0.29, 0.717) is 0 Å². The standard InChI is InChI=1S/C13H14S2.C5H11N/c1-10(2)13(3,11-6-4-8-14-11)12-7-5-9-15-12;1-3-5-6-4-2/h4-9H,1H2,2-3H3;4,6H,2-3,5H2,1H3. The van der Waals surface area contributed by atoms with E-state index >= 15 is 0 Å². The highest BCUT2D eigenvalue weighted by Gasteiger charge is 2.31. The van der Waals surface area contributed by atoms with Crippen LogP contribution in [0.1, 0.15) is 36.9 Å². The molecule has 1 nitrogen and oxygen atoms in total. The normalized spacial score (nSPS) is 10.4. The molecular formula is C18H25NS2. The molecule has 0 aliphatic rings. The van der Waals surface area contributed by atoms with E-state index in [1.54, 1.807) is 28.9 Å². The van der Waals surface area contributed by atoms with Crippen molar-refractivity contribution in [2.24, 2.45) is 0 Å². The molecule has 0 unspecified atom stereocenters. The van der Waals surface area contributed by atoms with Crippen molar-refractivity contribution in [1.29, 1.82) is 0 Å². The monoisotopic (exact) mass is 319 g/mol. The molecule has 0 saturated carbocycles. The average Bonchev–Trinajstić information content (AvgIpc) is 3.17. The van der Waals surface area contributed by atoms with Gasteiger partial charge in [-0.3, -0.25) is 0 Å². The van der Waals surface area contributed by atoms with Crippen molar-refractivity contribution in [2.45, 2.75) is 32.6 Å². The summed E-state index contributed by atoms with van der Waals surface area (Å²) < 4.78 is 0. The first-order valence-electron chi connectivity index (χ1n) is 7.15. The molecule has 0 bridgehead atoms. The highest BCUT2D eigenvalue weighted by molar-refractivity contribution is 7.11. The van der Waals surface area contributed by atoms with Crippen molar-refractivity contribution in [3.63, 3.8) is 0 Å². The molecule has 0 amide bonds. The van der Waals surface area contributed by atoms with Crippen LogP contribution in [0, 0.1) is 0 Å². The summed E-state index contributed by atoms with van der Waals surface area (Å²) in [5.74, 6) is 0. The van der Waals surface area contributed by atoms with E-state index in [0.717, 1.165) is 6.54 Å². The van der Waals surface area contributed by atoms with Crippen LogP contribution < -0.4 is 5.32 Å². The van der Waals surface area contributed by atoms with Gasteiger partial charge in [0, 0.05) is 16.3 Å². The smallest absolute Gasteiger partial charge is 0.0565 e. The van der Waals surface area contributed by atoms with E-state index in [2.05, 4.69) is 74.3 Å². The molecule has 1 N–H and O–H groups in total. The first-order valence-corrected chi connectivity index (χ1v) is 8.91. The van der Waals surface area contributed by atoms with E-state index in [9.17, 15) is 0 Å². The molecule has 0 fully saturated rings. The summed E-state index contributed by atoms with van der Waals surface area (Å²) >= 11 is 3.60. The zero-order chi connectivity index (χ0) is 15.7. The first-order chi connectivity index (χ1) is 10.1. The Morgan fingerprint density at radius 1 is 1.24 bits per heavy atom. The van der Waals surface area contributed by atoms with Gasteiger partial charge >= 0.3 is 0 Å². The van der Waals surface area contributed by atoms with Crippen LogP contribution in [-0.2, 0) is 5.41 Å². The minimum atomic E-state index is -0.0116. The summed E-state index contributed by atoms with van der Waals surface area (Å²) in [4.78, 5) is 2.75. The van der Waals surface area contributed by atoms with Gasteiger partial charge in [0.1, 0.15) is 0 Å². The summed E-state index contributed by atoms with van der Waals surface area (Å²) in [6.07, 6.45) is 2.88. The SMILES string of the molecule is C=C(C)C(C)(c1cccs1)c1cccs1.C=CNCCC. The topological polar surface area (TPSA) is 12.0 Å². The Balaban J connectivity index is 0.000000315. The second kappa shape index (κ2) is 8.85. The Morgan fingerprint density at radius 2 is 1.76 bits per heavy atom. The van der Waals surface area contributed by atoms with Crippen LogP contribution in [-0.4, -0.2) is 6.54 Å². The number of rotatable bonds is 6. The van der Waals surface area contributed by atoms with E-state index in [1.807, 2.05) is 0 Å². The van der Waals surface area contributed by atoms with Gasteiger partial charge in [-0.15, -0.1) is 22.7 Å². The first kappa shape index (κ1) is 17.7. The summed E-state index contributed by atoms with van der Waals surface area (Å²) in [7, 11) is 0. The van der Waals surface area contributed by atoms with Gasteiger partial charge in [0.2, 0.25) is 0 Å². The number of hydrogen-bond acceptors (Lipinski definition) is 3. The molecule has 2 heterocycles. The van der Waals surface area contributed by atoms with E-state index < -0.39 is 0 Å². The molecule has 0 spiro atoms. The number of hydrogen-bond donors (Lipinski definition) is 1. The third-order valence-electron chi connectivity index (χ3n) is 3.42. The molecule has 0 radical (unpaired) electrons. The minimum absolute atomic E-state index is 0.0116. The molecule has 114 valence electrons. The fourth-order valence-electron chi connectivity index (χ4n) is 1.91. The van der Waals surface area contributed by atoms with Crippen LogP contribution in [0.25, 0.3) is 0 Å². The van der Waals surface area contributed by atoms with Gasteiger partial charge in [-0.2, -0.15) is 0 Å². The molecule has 0 aliphatic heterocycles. The Hall–Kier alpha value is -1.32. The highest BCUT2D eigenvalue weighted by atomic mass is 32.1. The van der Waals surface area contributed by atoms with Gasteiger partial charge in [-0.25, -0.2) is 0 Å². The largest absolute Gasteiger partial charge is 0.391 e. The van der Waals surface area contributed by atoms with Crippen molar-refractivity contribution < 1.29 is 0 Å². The van der Waals surface area contributed by atoms with Gasteiger partial charge < -0.3 is 5.32 Å². The van der Waals surface area contributed by atoms with Crippen molar-refractivity contribution in [1.82, 2.24) is 5.32 Å². The van der Waals surface area contributed by atoms with Gasteiger partial charge in [-0.1, -0.05) is 37.8 Å².